The Hall–Kier alpha value is -1.59. The number of hydrogen-bond donors (Lipinski definition) is 1. The Bertz CT molecular complexity index is 516. The average Bonchev–Trinajstić information content (AvgIpc) is 2.82. The van der Waals surface area contributed by atoms with Crippen LogP contribution in [0.1, 0.15) is 5.69 Å². The van der Waals surface area contributed by atoms with Crippen LogP contribution in [0, 0.1) is 0 Å². The maximum absolute atomic E-state index is 5.75. The van der Waals surface area contributed by atoms with Gasteiger partial charge in [0.05, 0.1) is 25.1 Å². The highest BCUT2D eigenvalue weighted by Gasteiger charge is 2.15. The summed E-state index contributed by atoms with van der Waals surface area (Å²) in [5, 5.41) is 0. The van der Waals surface area contributed by atoms with Gasteiger partial charge in [-0.05, 0) is 12.1 Å². The SMILES string of the molecule is NCc1cnc2cccc(N3CCOCC3)n12. The molecule has 1 aliphatic heterocycles. The van der Waals surface area contributed by atoms with Crippen molar-refractivity contribution in [1.29, 1.82) is 0 Å². The molecule has 0 spiro atoms. The predicted molar refractivity (Wildman–Crippen MR) is 66.1 cm³/mol. The van der Waals surface area contributed by atoms with Gasteiger partial charge in [-0.2, -0.15) is 0 Å². The van der Waals surface area contributed by atoms with Gasteiger partial charge in [0.2, 0.25) is 0 Å². The molecule has 0 aromatic carbocycles. The summed E-state index contributed by atoms with van der Waals surface area (Å²) < 4.78 is 7.51. The van der Waals surface area contributed by atoms with Crippen LogP contribution in [0.25, 0.3) is 5.65 Å². The number of anilines is 1. The van der Waals surface area contributed by atoms with Crippen LogP contribution in [0.4, 0.5) is 5.82 Å². The van der Waals surface area contributed by atoms with Gasteiger partial charge in [0.1, 0.15) is 11.5 Å². The van der Waals surface area contributed by atoms with E-state index in [-0.39, 0.29) is 0 Å². The average molecular weight is 232 g/mol. The molecule has 0 amide bonds. The van der Waals surface area contributed by atoms with Crippen molar-refractivity contribution >= 4 is 11.5 Å². The van der Waals surface area contributed by atoms with E-state index in [4.69, 9.17) is 10.5 Å². The van der Waals surface area contributed by atoms with E-state index in [0.29, 0.717) is 6.54 Å². The van der Waals surface area contributed by atoms with Crippen molar-refractivity contribution < 1.29 is 4.74 Å². The molecule has 0 unspecified atom stereocenters. The number of fused-ring (bicyclic) bond motifs is 1. The lowest BCUT2D eigenvalue weighted by molar-refractivity contribution is 0.122. The van der Waals surface area contributed by atoms with Gasteiger partial charge >= 0.3 is 0 Å². The zero-order chi connectivity index (χ0) is 11.7. The number of hydrogen-bond acceptors (Lipinski definition) is 4. The van der Waals surface area contributed by atoms with Crippen molar-refractivity contribution in [3.05, 3.63) is 30.1 Å². The van der Waals surface area contributed by atoms with Crippen LogP contribution in [0.15, 0.2) is 24.4 Å². The molecule has 1 aliphatic rings. The number of imidazole rings is 1. The van der Waals surface area contributed by atoms with E-state index in [1.165, 1.54) is 0 Å². The van der Waals surface area contributed by atoms with Gasteiger partial charge in [0.15, 0.2) is 0 Å². The first-order valence-electron chi connectivity index (χ1n) is 5.88. The van der Waals surface area contributed by atoms with Crippen molar-refractivity contribution in [1.82, 2.24) is 9.38 Å². The van der Waals surface area contributed by atoms with E-state index in [9.17, 15) is 0 Å². The van der Waals surface area contributed by atoms with Gasteiger partial charge < -0.3 is 15.4 Å². The minimum Gasteiger partial charge on any atom is -0.378 e. The molecule has 3 rings (SSSR count). The van der Waals surface area contributed by atoms with Crippen LogP contribution in [-0.4, -0.2) is 35.7 Å². The second kappa shape index (κ2) is 4.35. The van der Waals surface area contributed by atoms with Crippen LogP contribution in [0.3, 0.4) is 0 Å². The molecule has 90 valence electrons. The Labute approximate surface area is 99.8 Å². The van der Waals surface area contributed by atoms with E-state index < -0.39 is 0 Å². The minimum atomic E-state index is 0.502. The van der Waals surface area contributed by atoms with Crippen molar-refractivity contribution in [2.24, 2.45) is 5.73 Å². The summed E-state index contributed by atoms with van der Waals surface area (Å²) in [5.74, 6) is 1.16. The summed E-state index contributed by atoms with van der Waals surface area (Å²) in [6.45, 7) is 3.90. The number of aromatic nitrogens is 2. The molecule has 0 aliphatic carbocycles. The zero-order valence-corrected chi connectivity index (χ0v) is 9.67. The molecule has 0 atom stereocenters. The molecule has 1 fully saturated rings. The highest BCUT2D eigenvalue weighted by Crippen LogP contribution is 2.20. The molecule has 5 nitrogen and oxygen atoms in total. The van der Waals surface area contributed by atoms with E-state index >= 15 is 0 Å². The highest BCUT2D eigenvalue weighted by molar-refractivity contribution is 5.53. The van der Waals surface area contributed by atoms with Gasteiger partial charge in [0, 0.05) is 19.6 Å². The largest absolute Gasteiger partial charge is 0.378 e. The quantitative estimate of drug-likeness (QED) is 0.825. The Morgan fingerprint density at radius 2 is 2.12 bits per heavy atom. The maximum atomic E-state index is 5.75. The normalized spacial score (nSPS) is 16.6. The molecule has 17 heavy (non-hydrogen) atoms. The van der Waals surface area contributed by atoms with Gasteiger partial charge in [-0.3, -0.25) is 4.40 Å². The summed E-state index contributed by atoms with van der Waals surface area (Å²) in [6, 6.07) is 6.15. The number of ether oxygens (including phenoxy) is 1. The van der Waals surface area contributed by atoms with E-state index in [1.54, 1.807) is 0 Å². The van der Waals surface area contributed by atoms with Crippen LogP contribution >= 0.6 is 0 Å². The lowest BCUT2D eigenvalue weighted by atomic mass is 10.3. The Morgan fingerprint density at radius 1 is 1.29 bits per heavy atom. The van der Waals surface area contributed by atoms with Gasteiger partial charge in [0.25, 0.3) is 0 Å². The summed E-state index contributed by atoms with van der Waals surface area (Å²) in [7, 11) is 0. The Balaban J connectivity index is 2.10. The van der Waals surface area contributed by atoms with Crippen molar-refractivity contribution in [3.63, 3.8) is 0 Å². The lowest BCUT2D eigenvalue weighted by Gasteiger charge is -2.29. The minimum absolute atomic E-state index is 0.502. The van der Waals surface area contributed by atoms with Crippen LogP contribution in [0.5, 0.6) is 0 Å². The van der Waals surface area contributed by atoms with Crippen molar-refractivity contribution in [2.75, 3.05) is 31.2 Å². The Kier molecular flexibility index (Phi) is 2.70. The van der Waals surface area contributed by atoms with Crippen molar-refractivity contribution in [3.8, 4) is 0 Å². The fourth-order valence-electron chi connectivity index (χ4n) is 2.26. The number of nitrogens with zero attached hydrogens (tertiary/aromatic N) is 3. The summed E-state index contributed by atoms with van der Waals surface area (Å²) >= 11 is 0. The number of morpholine rings is 1. The molecule has 0 saturated carbocycles. The second-order valence-electron chi connectivity index (χ2n) is 4.13. The third-order valence-corrected chi connectivity index (χ3v) is 3.13. The molecule has 0 bridgehead atoms. The topological polar surface area (TPSA) is 55.8 Å². The van der Waals surface area contributed by atoms with Crippen LogP contribution in [0.2, 0.25) is 0 Å². The maximum Gasteiger partial charge on any atom is 0.138 e. The van der Waals surface area contributed by atoms with E-state index in [0.717, 1.165) is 43.5 Å². The zero-order valence-electron chi connectivity index (χ0n) is 9.67. The second-order valence-corrected chi connectivity index (χ2v) is 4.13. The molecule has 2 aromatic rings. The summed E-state index contributed by atoms with van der Waals surface area (Å²) in [4.78, 5) is 6.69. The number of nitrogens with two attached hydrogens (primary N) is 1. The third-order valence-electron chi connectivity index (χ3n) is 3.13. The van der Waals surface area contributed by atoms with Gasteiger partial charge in [-0.25, -0.2) is 4.98 Å². The summed E-state index contributed by atoms with van der Waals surface area (Å²) in [6.07, 6.45) is 1.85. The number of rotatable bonds is 2. The van der Waals surface area contributed by atoms with Crippen LogP contribution < -0.4 is 10.6 Å². The first-order chi connectivity index (χ1) is 8.40. The monoisotopic (exact) mass is 232 g/mol. The molecular weight excluding hydrogens is 216 g/mol. The Morgan fingerprint density at radius 3 is 2.88 bits per heavy atom. The molecule has 2 aromatic heterocycles. The first-order valence-corrected chi connectivity index (χ1v) is 5.88. The first kappa shape index (κ1) is 10.6. The molecule has 1 saturated heterocycles. The molecule has 2 N–H and O–H groups in total. The fourth-order valence-corrected chi connectivity index (χ4v) is 2.26. The number of pyridine rings is 1. The molecule has 0 radical (unpaired) electrons. The molecular formula is C12H16N4O. The summed E-state index contributed by atoms with van der Waals surface area (Å²) in [5.41, 5.74) is 7.75. The third kappa shape index (κ3) is 1.77. The highest BCUT2D eigenvalue weighted by atomic mass is 16.5. The van der Waals surface area contributed by atoms with Gasteiger partial charge in [-0.1, -0.05) is 6.07 Å². The van der Waals surface area contributed by atoms with Crippen molar-refractivity contribution in [2.45, 2.75) is 6.54 Å². The molecule has 3 heterocycles. The smallest absolute Gasteiger partial charge is 0.138 e. The standard InChI is InChI=1S/C12H16N4O/c13-8-10-9-14-11-2-1-3-12(16(10)11)15-4-6-17-7-5-15/h1-3,9H,4-8,13H2. The van der Waals surface area contributed by atoms with E-state index in [2.05, 4.69) is 20.4 Å². The fraction of sp³-hybridized carbons (Fsp3) is 0.417. The molecule has 5 heteroatoms. The predicted octanol–water partition coefficient (Wildman–Crippen LogP) is 0.630. The van der Waals surface area contributed by atoms with Gasteiger partial charge in [-0.15, -0.1) is 0 Å². The lowest BCUT2D eigenvalue weighted by Crippen LogP contribution is -2.37. The van der Waals surface area contributed by atoms with E-state index in [1.807, 2.05) is 18.3 Å². The van der Waals surface area contributed by atoms with Crippen LogP contribution in [-0.2, 0) is 11.3 Å².